The van der Waals surface area contributed by atoms with Gasteiger partial charge in [0.1, 0.15) is 5.82 Å². The molecule has 0 saturated carbocycles. The van der Waals surface area contributed by atoms with Gasteiger partial charge >= 0.3 is 0 Å². The number of rotatable bonds is 5. The Hall–Kier alpha value is -1.10. The highest BCUT2D eigenvalue weighted by Gasteiger charge is 2.17. The lowest BCUT2D eigenvalue weighted by molar-refractivity contribution is 0.0997. The first kappa shape index (κ1) is 14.0. The number of halogens is 2. The number of benzene rings is 1. The Bertz CT molecular complexity index is 419. The number of hydrogen-bond donors (Lipinski definition) is 2. The second-order valence-electron chi connectivity index (χ2n) is 3.83. The third kappa shape index (κ3) is 3.43. The van der Waals surface area contributed by atoms with Gasteiger partial charge in [0.05, 0.1) is 11.3 Å². The van der Waals surface area contributed by atoms with Crippen molar-refractivity contribution in [2.24, 2.45) is 5.73 Å². The predicted molar refractivity (Wildman–Crippen MR) is 70.6 cm³/mol. The summed E-state index contributed by atoms with van der Waals surface area (Å²) in [6, 6.07) is 3.10. The van der Waals surface area contributed by atoms with Gasteiger partial charge in [-0.2, -0.15) is 0 Å². The van der Waals surface area contributed by atoms with Crippen LogP contribution in [0.2, 0.25) is 0 Å². The lowest BCUT2D eigenvalue weighted by atomic mass is 10.1. The van der Waals surface area contributed by atoms with E-state index in [1.165, 1.54) is 6.07 Å². The minimum absolute atomic E-state index is 0.0832. The maximum Gasteiger partial charge on any atom is 0.253 e. The van der Waals surface area contributed by atoms with Crippen LogP contribution in [0.1, 0.15) is 37.0 Å². The van der Waals surface area contributed by atoms with Crippen LogP contribution in [0.4, 0.5) is 10.1 Å². The largest absolute Gasteiger partial charge is 0.382 e. The zero-order valence-corrected chi connectivity index (χ0v) is 11.5. The van der Waals surface area contributed by atoms with Gasteiger partial charge in [0.2, 0.25) is 0 Å². The summed E-state index contributed by atoms with van der Waals surface area (Å²) in [7, 11) is 0. The molecule has 1 amide bonds. The second-order valence-corrected chi connectivity index (χ2v) is 4.75. The van der Waals surface area contributed by atoms with Gasteiger partial charge < -0.3 is 11.1 Å². The molecule has 1 aromatic rings. The molecule has 0 aliphatic rings. The quantitative estimate of drug-likeness (QED) is 0.877. The molecule has 0 aromatic heterocycles. The van der Waals surface area contributed by atoms with Crippen LogP contribution in [0.3, 0.4) is 0 Å². The number of nitrogens with two attached hydrogens (primary N) is 1. The van der Waals surface area contributed by atoms with E-state index in [9.17, 15) is 9.18 Å². The third-order valence-corrected chi connectivity index (χ3v) is 3.10. The molecule has 0 aliphatic heterocycles. The van der Waals surface area contributed by atoms with Crippen molar-refractivity contribution in [1.29, 1.82) is 0 Å². The van der Waals surface area contributed by atoms with E-state index in [1.807, 2.05) is 13.8 Å². The Morgan fingerprint density at radius 2 is 2.06 bits per heavy atom. The number of nitrogens with one attached hydrogen (secondary N) is 1. The van der Waals surface area contributed by atoms with E-state index < -0.39 is 11.7 Å². The van der Waals surface area contributed by atoms with Crippen molar-refractivity contribution < 1.29 is 9.18 Å². The predicted octanol–water partition coefficient (Wildman–Crippen LogP) is 3.29. The maximum atomic E-state index is 13.6. The molecule has 3 nitrogen and oxygen atoms in total. The topological polar surface area (TPSA) is 55.1 Å². The summed E-state index contributed by atoms with van der Waals surface area (Å²) in [6.45, 7) is 4.05. The molecule has 5 heteroatoms. The van der Waals surface area contributed by atoms with Gasteiger partial charge in [-0.1, -0.05) is 29.8 Å². The van der Waals surface area contributed by atoms with Crippen molar-refractivity contribution in [1.82, 2.24) is 0 Å². The van der Waals surface area contributed by atoms with E-state index in [2.05, 4.69) is 21.2 Å². The number of carbonyl (C=O) groups excluding carboxylic acids is 1. The lowest BCUT2D eigenvalue weighted by Crippen LogP contribution is -2.22. The molecule has 0 heterocycles. The summed E-state index contributed by atoms with van der Waals surface area (Å²) in [6.07, 6.45) is 1.78. The highest BCUT2D eigenvalue weighted by molar-refractivity contribution is 9.10. The number of hydrogen-bond acceptors (Lipinski definition) is 2. The Morgan fingerprint density at radius 3 is 2.53 bits per heavy atom. The standard InChI is InChI=1S/C12H16BrFN2O/c1-3-8(4-2)16-10-6-7(13)5-9(14)11(10)12(15)17/h5-6,8,16H,3-4H2,1-2H3,(H2,15,17). The third-order valence-electron chi connectivity index (χ3n) is 2.65. The number of amides is 1. The van der Waals surface area contributed by atoms with Crippen LogP contribution in [0.15, 0.2) is 16.6 Å². The van der Waals surface area contributed by atoms with E-state index >= 15 is 0 Å². The van der Waals surface area contributed by atoms with Crippen molar-refractivity contribution in [3.8, 4) is 0 Å². The van der Waals surface area contributed by atoms with Crippen LogP contribution in [0.5, 0.6) is 0 Å². The number of carbonyl (C=O) groups is 1. The first-order valence-electron chi connectivity index (χ1n) is 5.54. The Labute approximate surface area is 109 Å². The first-order valence-corrected chi connectivity index (χ1v) is 6.34. The zero-order chi connectivity index (χ0) is 13.0. The van der Waals surface area contributed by atoms with Crippen LogP contribution in [0, 0.1) is 5.82 Å². The summed E-state index contributed by atoms with van der Waals surface area (Å²) < 4.78 is 14.2. The van der Waals surface area contributed by atoms with Crippen LogP contribution in [0.25, 0.3) is 0 Å². The normalized spacial score (nSPS) is 10.6. The van der Waals surface area contributed by atoms with Crippen LogP contribution in [-0.2, 0) is 0 Å². The fourth-order valence-electron chi connectivity index (χ4n) is 1.65. The lowest BCUT2D eigenvalue weighted by Gasteiger charge is -2.18. The van der Waals surface area contributed by atoms with E-state index in [4.69, 9.17) is 5.73 Å². The van der Waals surface area contributed by atoms with E-state index in [1.54, 1.807) is 6.07 Å². The molecule has 17 heavy (non-hydrogen) atoms. The molecule has 0 radical (unpaired) electrons. The van der Waals surface area contributed by atoms with Gasteiger partial charge in [-0.3, -0.25) is 4.79 Å². The summed E-state index contributed by atoms with van der Waals surface area (Å²) in [5.41, 5.74) is 5.55. The van der Waals surface area contributed by atoms with E-state index in [0.717, 1.165) is 12.8 Å². The molecule has 0 bridgehead atoms. The van der Waals surface area contributed by atoms with Crippen molar-refractivity contribution >= 4 is 27.5 Å². The summed E-state index contributed by atoms with van der Waals surface area (Å²) in [4.78, 5) is 11.2. The molecule has 0 unspecified atom stereocenters. The average Bonchev–Trinajstić information content (AvgIpc) is 2.24. The van der Waals surface area contributed by atoms with Gasteiger partial charge in [-0.05, 0) is 25.0 Å². The zero-order valence-electron chi connectivity index (χ0n) is 9.89. The maximum absolute atomic E-state index is 13.6. The molecule has 0 saturated heterocycles. The smallest absolute Gasteiger partial charge is 0.253 e. The van der Waals surface area contributed by atoms with Crippen molar-refractivity contribution in [2.45, 2.75) is 32.7 Å². The first-order chi connectivity index (χ1) is 7.99. The van der Waals surface area contributed by atoms with Crippen molar-refractivity contribution in [3.05, 3.63) is 28.0 Å². The number of primary amides is 1. The molecule has 1 aromatic carbocycles. The number of anilines is 1. The molecular weight excluding hydrogens is 287 g/mol. The van der Waals surface area contributed by atoms with Gasteiger partial charge in [0, 0.05) is 10.5 Å². The van der Waals surface area contributed by atoms with Gasteiger partial charge in [0.25, 0.3) is 5.91 Å². The molecule has 0 spiro atoms. The van der Waals surface area contributed by atoms with Crippen molar-refractivity contribution in [3.63, 3.8) is 0 Å². The van der Waals surface area contributed by atoms with Crippen LogP contribution < -0.4 is 11.1 Å². The summed E-state index contributed by atoms with van der Waals surface area (Å²) in [5, 5.41) is 3.14. The summed E-state index contributed by atoms with van der Waals surface area (Å²) in [5.74, 6) is -1.37. The minimum Gasteiger partial charge on any atom is -0.382 e. The molecule has 0 aliphatic carbocycles. The Kier molecular flexibility index (Phi) is 4.93. The molecule has 1 rings (SSSR count). The van der Waals surface area contributed by atoms with Gasteiger partial charge in [-0.15, -0.1) is 0 Å². The van der Waals surface area contributed by atoms with Crippen LogP contribution >= 0.6 is 15.9 Å². The van der Waals surface area contributed by atoms with E-state index in [-0.39, 0.29) is 11.6 Å². The fraction of sp³-hybridized carbons (Fsp3) is 0.417. The fourth-order valence-corrected chi connectivity index (χ4v) is 2.08. The minimum atomic E-state index is -0.761. The van der Waals surface area contributed by atoms with E-state index in [0.29, 0.717) is 10.2 Å². The summed E-state index contributed by atoms with van der Waals surface area (Å²) >= 11 is 3.20. The molecule has 3 N–H and O–H groups in total. The molecule has 94 valence electrons. The Balaban J connectivity index is 3.16. The highest BCUT2D eigenvalue weighted by Crippen LogP contribution is 2.25. The van der Waals surface area contributed by atoms with Gasteiger partial charge in [0.15, 0.2) is 0 Å². The average molecular weight is 303 g/mol. The SMILES string of the molecule is CCC(CC)Nc1cc(Br)cc(F)c1C(N)=O. The van der Waals surface area contributed by atoms with Crippen LogP contribution in [-0.4, -0.2) is 11.9 Å². The Morgan fingerprint density at radius 1 is 1.47 bits per heavy atom. The van der Waals surface area contributed by atoms with Gasteiger partial charge in [-0.25, -0.2) is 4.39 Å². The van der Waals surface area contributed by atoms with Crippen molar-refractivity contribution in [2.75, 3.05) is 5.32 Å². The monoisotopic (exact) mass is 302 g/mol. The second kappa shape index (κ2) is 6.00. The molecule has 0 fully saturated rings. The highest BCUT2D eigenvalue weighted by atomic mass is 79.9. The molecule has 0 atom stereocenters. The molecular formula is C12H16BrFN2O.